The van der Waals surface area contributed by atoms with Crippen LogP contribution in [0.1, 0.15) is 29.2 Å². The first-order valence-electron chi connectivity index (χ1n) is 6.97. The van der Waals surface area contributed by atoms with Gasteiger partial charge in [0, 0.05) is 12.7 Å². The zero-order valence-electron chi connectivity index (χ0n) is 12.6. The topological polar surface area (TPSA) is 57.9 Å². The van der Waals surface area contributed by atoms with Gasteiger partial charge in [0.25, 0.3) is 0 Å². The van der Waals surface area contributed by atoms with Gasteiger partial charge in [0.2, 0.25) is 0 Å². The number of nitrogens with zero attached hydrogens (tertiary/aromatic N) is 2. The lowest BCUT2D eigenvalue weighted by Crippen LogP contribution is -2.03. The summed E-state index contributed by atoms with van der Waals surface area (Å²) in [5.74, 6) is 1.70. The van der Waals surface area contributed by atoms with Gasteiger partial charge in [0.15, 0.2) is 0 Å². The lowest BCUT2D eigenvalue weighted by Gasteiger charge is -2.13. The number of anilines is 1. The molecule has 0 aliphatic rings. The molecule has 21 heavy (non-hydrogen) atoms. The molecule has 2 rings (SSSR count). The molecular weight excluding hydrogens is 262 g/mol. The Balaban J connectivity index is 2.13. The van der Waals surface area contributed by atoms with E-state index in [0.29, 0.717) is 12.2 Å². The number of hydrogen-bond donors (Lipinski definition) is 1. The highest BCUT2D eigenvalue weighted by Crippen LogP contribution is 2.25. The van der Waals surface area contributed by atoms with E-state index >= 15 is 0 Å². The van der Waals surface area contributed by atoms with E-state index < -0.39 is 0 Å². The molecule has 0 saturated heterocycles. The summed E-state index contributed by atoms with van der Waals surface area (Å²) in [4.78, 5) is 4.24. The summed E-state index contributed by atoms with van der Waals surface area (Å²) in [7, 11) is 0. The number of aryl methyl sites for hydroxylation is 2. The fraction of sp³-hybridized carbons (Fsp3) is 0.294. The van der Waals surface area contributed by atoms with Gasteiger partial charge >= 0.3 is 0 Å². The Hall–Kier alpha value is -2.54. The van der Waals surface area contributed by atoms with Crippen molar-refractivity contribution in [3.63, 3.8) is 0 Å². The van der Waals surface area contributed by atoms with Gasteiger partial charge in [-0.1, -0.05) is 0 Å². The molecule has 1 aromatic carbocycles. The summed E-state index contributed by atoms with van der Waals surface area (Å²) < 4.78 is 5.92. The van der Waals surface area contributed by atoms with Crippen LogP contribution in [0.3, 0.4) is 0 Å². The molecule has 0 saturated carbocycles. The van der Waals surface area contributed by atoms with Crippen LogP contribution < -0.4 is 10.1 Å². The highest BCUT2D eigenvalue weighted by molar-refractivity contribution is 5.47. The molecular formula is C17H19N3O. The van der Waals surface area contributed by atoms with Gasteiger partial charge in [0.1, 0.15) is 18.2 Å². The fourth-order valence-corrected chi connectivity index (χ4v) is 2.24. The number of nitrogens with one attached hydrogen (secondary N) is 1. The van der Waals surface area contributed by atoms with E-state index in [2.05, 4.69) is 16.4 Å². The molecule has 0 aliphatic carbocycles. The molecule has 0 unspecified atom stereocenters. The van der Waals surface area contributed by atoms with Gasteiger partial charge in [-0.3, -0.25) is 0 Å². The Kier molecular flexibility index (Phi) is 4.78. The minimum atomic E-state index is 0.481. The van der Waals surface area contributed by atoms with E-state index in [-0.39, 0.29) is 0 Å². The predicted octanol–water partition coefficient (Wildman–Crippen LogP) is 3.58. The number of pyridine rings is 1. The molecule has 108 valence electrons. The van der Waals surface area contributed by atoms with Crippen LogP contribution in [-0.4, -0.2) is 11.5 Å². The second-order valence-electron chi connectivity index (χ2n) is 4.92. The molecule has 0 spiro atoms. The molecule has 0 aliphatic heterocycles. The fourth-order valence-electron chi connectivity index (χ4n) is 2.24. The normalized spacial score (nSPS) is 10.0. The van der Waals surface area contributed by atoms with Crippen LogP contribution in [0.5, 0.6) is 5.75 Å². The number of rotatable bonds is 5. The van der Waals surface area contributed by atoms with Crippen LogP contribution in [0.4, 0.5) is 5.82 Å². The number of hydrogen-bond acceptors (Lipinski definition) is 4. The molecule has 4 nitrogen and oxygen atoms in total. The minimum Gasteiger partial charge on any atom is -0.488 e. The summed E-state index contributed by atoms with van der Waals surface area (Å²) >= 11 is 0. The van der Waals surface area contributed by atoms with Crippen molar-refractivity contribution in [3.8, 4) is 11.8 Å². The van der Waals surface area contributed by atoms with Gasteiger partial charge in [-0.25, -0.2) is 4.98 Å². The summed E-state index contributed by atoms with van der Waals surface area (Å²) in [6.07, 6.45) is 1.77. The van der Waals surface area contributed by atoms with Gasteiger partial charge in [0.05, 0.1) is 11.6 Å². The first kappa shape index (κ1) is 14.9. The number of benzene rings is 1. The molecule has 0 amide bonds. The summed E-state index contributed by atoms with van der Waals surface area (Å²) in [6.45, 7) is 7.27. The Morgan fingerprint density at radius 2 is 1.95 bits per heavy atom. The molecule has 0 fully saturated rings. The average Bonchev–Trinajstić information content (AvgIpc) is 2.47. The smallest absolute Gasteiger partial charge is 0.126 e. The van der Waals surface area contributed by atoms with Crippen molar-refractivity contribution >= 4 is 5.82 Å². The van der Waals surface area contributed by atoms with Crippen LogP contribution in [0, 0.1) is 25.2 Å². The largest absolute Gasteiger partial charge is 0.488 e. The van der Waals surface area contributed by atoms with E-state index in [1.807, 2.05) is 45.0 Å². The van der Waals surface area contributed by atoms with Crippen molar-refractivity contribution in [2.75, 3.05) is 11.9 Å². The maximum atomic E-state index is 8.96. The summed E-state index contributed by atoms with van der Waals surface area (Å²) in [6, 6.07) is 9.77. The second kappa shape index (κ2) is 6.76. The van der Waals surface area contributed by atoms with Crippen LogP contribution in [0.25, 0.3) is 0 Å². The summed E-state index contributed by atoms with van der Waals surface area (Å²) in [5.41, 5.74) is 3.68. The zero-order chi connectivity index (χ0) is 15.2. The van der Waals surface area contributed by atoms with Crippen LogP contribution >= 0.6 is 0 Å². The van der Waals surface area contributed by atoms with E-state index in [4.69, 9.17) is 10.00 Å². The predicted molar refractivity (Wildman–Crippen MR) is 83.4 cm³/mol. The monoisotopic (exact) mass is 281 g/mol. The van der Waals surface area contributed by atoms with E-state index in [0.717, 1.165) is 34.8 Å². The van der Waals surface area contributed by atoms with Gasteiger partial charge < -0.3 is 10.1 Å². The highest BCUT2D eigenvalue weighted by atomic mass is 16.5. The van der Waals surface area contributed by atoms with Gasteiger partial charge in [-0.15, -0.1) is 0 Å². The quantitative estimate of drug-likeness (QED) is 0.910. The maximum absolute atomic E-state index is 8.96. The van der Waals surface area contributed by atoms with Crippen molar-refractivity contribution < 1.29 is 4.74 Å². The molecule has 0 radical (unpaired) electrons. The van der Waals surface area contributed by atoms with Crippen molar-refractivity contribution in [1.82, 2.24) is 4.98 Å². The average molecular weight is 281 g/mol. The Labute approximate surface area is 125 Å². The van der Waals surface area contributed by atoms with Gasteiger partial charge in [-0.05, 0) is 61.7 Å². The zero-order valence-corrected chi connectivity index (χ0v) is 12.6. The van der Waals surface area contributed by atoms with E-state index in [1.165, 1.54) is 0 Å². The minimum absolute atomic E-state index is 0.481. The third kappa shape index (κ3) is 3.73. The first-order valence-corrected chi connectivity index (χ1v) is 6.97. The van der Waals surface area contributed by atoms with Crippen LogP contribution in [-0.2, 0) is 6.61 Å². The number of aromatic nitrogens is 1. The van der Waals surface area contributed by atoms with Crippen LogP contribution in [0.2, 0.25) is 0 Å². The maximum Gasteiger partial charge on any atom is 0.126 e. The molecule has 1 aromatic heterocycles. The third-order valence-corrected chi connectivity index (χ3v) is 3.15. The molecule has 1 heterocycles. The molecule has 0 bridgehead atoms. The Bertz CT molecular complexity index is 651. The first-order chi connectivity index (χ1) is 10.1. The molecule has 1 N–H and O–H groups in total. The standard InChI is InChI=1S/C17H19N3O/c1-4-19-16-9-14(5-6-20-16)11-21-17-12(2)7-15(10-18)8-13(17)3/h5-9H,4,11H2,1-3H3,(H,19,20). The van der Waals surface area contributed by atoms with Crippen molar-refractivity contribution in [1.29, 1.82) is 5.26 Å². The van der Waals surface area contributed by atoms with Gasteiger partial charge in [-0.2, -0.15) is 5.26 Å². The van der Waals surface area contributed by atoms with E-state index in [1.54, 1.807) is 6.20 Å². The molecule has 0 atom stereocenters. The van der Waals surface area contributed by atoms with Crippen molar-refractivity contribution in [3.05, 3.63) is 52.7 Å². The SMILES string of the molecule is CCNc1cc(COc2c(C)cc(C#N)cc2C)ccn1. The van der Waals surface area contributed by atoms with E-state index in [9.17, 15) is 0 Å². The highest BCUT2D eigenvalue weighted by Gasteiger charge is 2.07. The second-order valence-corrected chi connectivity index (χ2v) is 4.92. The lowest BCUT2D eigenvalue weighted by atomic mass is 10.1. The van der Waals surface area contributed by atoms with Crippen molar-refractivity contribution in [2.24, 2.45) is 0 Å². The van der Waals surface area contributed by atoms with Crippen LogP contribution in [0.15, 0.2) is 30.5 Å². The number of ether oxygens (including phenoxy) is 1. The third-order valence-electron chi connectivity index (χ3n) is 3.15. The van der Waals surface area contributed by atoms with Crippen molar-refractivity contribution in [2.45, 2.75) is 27.4 Å². The number of nitriles is 1. The Morgan fingerprint density at radius 3 is 2.57 bits per heavy atom. The summed E-state index contributed by atoms with van der Waals surface area (Å²) in [5, 5.41) is 12.1. The lowest BCUT2D eigenvalue weighted by molar-refractivity contribution is 0.302. The molecule has 4 heteroatoms. The Morgan fingerprint density at radius 1 is 1.24 bits per heavy atom. The molecule has 2 aromatic rings.